The van der Waals surface area contributed by atoms with Crippen molar-refractivity contribution in [2.45, 2.75) is 31.6 Å². The van der Waals surface area contributed by atoms with E-state index in [0.29, 0.717) is 18.8 Å². The van der Waals surface area contributed by atoms with E-state index in [0.717, 1.165) is 35.0 Å². The Morgan fingerprint density at radius 1 is 1.12 bits per heavy atom. The highest BCUT2D eigenvalue weighted by Crippen LogP contribution is 2.38. The van der Waals surface area contributed by atoms with Crippen molar-refractivity contribution in [1.29, 1.82) is 0 Å². The quantitative estimate of drug-likeness (QED) is 0.480. The van der Waals surface area contributed by atoms with Crippen LogP contribution in [0.2, 0.25) is 0 Å². The van der Waals surface area contributed by atoms with Gasteiger partial charge in [0.15, 0.2) is 0 Å². The van der Waals surface area contributed by atoms with Gasteiger partial charge in [-0.3, -0.25) is 4.98 Å². The number of nitrogens with zero attached hydrogens (tertiary/aromatic N) is 2. The summed E-state index contributed by atoms with van der Waals surface area (Å²) in [6, 6.07) is 16.8. The molecule has 1 atom stereocenters. The fraction of sp³-hybridized carbons (Fsp3) is 0.333. The number of aromatic carboxylic acids is 1. The number of carbonyl (C=O) groups is 1. The lowest BCUT2D eigenvalue weighted by Crippen LogP contribution is -2.22. The van der Waals surface area contributed by atoms with Gasteiger partial charge < -0.3 is 20.1 Å². The maximum atomic E-state index is 11.5. The lowest BCUT2D eigenvalue weighted by Gasteiger charge is -2.28. The predicted molar refractivity (Wildman–Crippen MR) is 130 cm³/mol. The Bertz CT molecular complexity index is 1140. The third-order valence-electron chi connectivity index (χ3n) is 6.68. The Morgan fingerprint density at radius 3 is 2.67 bits per heavy atom. The first-order chi connectivity index (χ1) is 16.1. The molecule has 1 aliphatic heterocycles. The Balaban J connectivity index is 1.29. The number of hydrogen-bond acceptors (Lipinski definition) is 5. The van der Waals surface area contributed by atoms with Crippen LogP contribution in [0.15, 0.2) is 60.9 Å². The van der Waals surface area contributed by atoms with Gasteiger partial charge in [0.1, 0.15) is 5.75 Å². The molecule has 2 heterocycles. The minimum atomic E-state index is -0.958. The van der Waals surface area contributed by atoms with Crippen LogP contribution >= 0.6 is 0 Å². The summed E-state index contributed by atoms with van der Waals surface area (Å²) in [6.45, 7) is 1.27. The number of anilines is 3. The molecule has 0 amide bonds. The van der Waals surface area contributed by atoms with Gasteiger partial charge in [-0.1, -0.05) is 18.2 Å². The van der Waals surface area contributed by atoms with E-state index < -0.39 is 5.97 Å². The number of fused-ring (bicyclic) bond motifs is 1. The molecular weight excluding hydrogens is 414 g/mol. The molecule has 33 heavy (non-hydrogen) atoms. The van der Waals surface area contributed by atoms with E-state index in [1.54, 1.807) is 6.20 Å². The molecule has 2 N–H and O–H groups in total. The number of carboxylic acids is 1. The number of aromatic nitrogens is 1. The summed E-state index contributed by atoms with van der Waals surface area (Å²) in [6.07, 6.45) is 7.88. The van der Waals surface area contributed by atoms with E-state index >= 15 is 0 Å². The van der Waals surface area contributed by atoms with Crippen molar-refractivity contribution < 1.29 is 14.6 Å². The smallest absolute Gasteiger partial charge is 0.337 e. The van der Waals surface area contributed by atoms with Crippen LogP contribution in [0, 0.1) is 5.92 Å². The van der Waals surface area contributed by atoms with Crippen molar-refractivity contribution >= 4 is 23.0 Å². The normalized spacial score (nSPS) is 17.1. The van der Waals surface area contributed by atoms with Gasteiger partial charge in [0, 0.05) is 43.1 Å². The molecular formula is C27H29N3O3. The van der Waals surface area contributed by atoms with Crippen LogP contribution in [0.25, 0.3) is 0 Å². The average Bonchev–Trinajstić information content (AvgIpc) is 3.66. The van der Waals surface area contributed by atoms with E-state index in [1.165, 1.54) is 37.1 Å². The SMILES string of the molecule is CN(c1ccc(CC2CC2)cc1)c1ccc2c(c1)OCC[C@H]2CNc1cnccc1C(=O)O. The lowest BCUT2D eigenvalue weighted by molar-refractivity contribution is 0.0697. The molecule has 6 nitrogen and oxygen atoms in total. The van der Waals surface area contributed by atoms with Gasteiger partial charge in [-0.25, -0.2) is 4.79 Å². The number of benzene rings is 2. The standard InChI is InChI=1S/C27H29N3O3/c1-30(21-6-4-19(5-7-21)14-18-2-3-18)22-8-9-23-20(11-13-33-26(23)15-22)16-29-25-17-28-12-10-24(25)27(31)32/h4-10,12,15,17-18,20,29H,2-3,11,13-14,16H2,1H3,(H,31,32)/t20-/m0/s1. The van der Waals surface area contributed by atoms with Crippen molar-refractivity contribution in [2.24, 2.45) is 5.92 Å². The largest absolute Gasteiger partial charge is 0.493 e. The molecule has 170 valence electrons. The van der Waals surface area contributed by atoms with Crippen LogP contribution in [0.1, 0.15) is 46.7 Å². The van der Waals surface area contributed by atoms with Gasteiger partial charge in [-0.15, -0.1) is 0 Å². The molecule has 0 saturated heterocycles. The Labute approximate surface area is 194 Å². The van der Waals surface area contributed by atoms with Crippen LogP contribution in [0.5, 0.6) is 5.75 Å². The van der Waals surface area contributed by atoms with Gasteiger partial charge in [0.05, 0.1) is 24.1 Å². The summed E-state index contributed by atoms with van der Waals surface area (Å²) in [4.78, 5) is 17.7. The van der Waals surface area contributed by atoms with Crippen molar-refractivity contribution in [3.8, 4) is 5.75 Å². The second-order valence-corrected chi connectivity index (χ2v) is 9.04. The molecule has 1 fully saturated rings. The first-order valence-electron chi connectivity index (χ1n) is 11.6. The number of rotatable bonds is 8. The van der Waals surface area contributed by atoms with Crippen molar-refractivity contribution in [3.63, 3.8) is 0 Å². The van der Waals surface area contributed by atoms with Crippen LogP contribution in [-0.4, -0.2) is 36.3 Å². The second kappa shape index (κ2) is 9.14. The van der Waals surface area contributed by atoms with E-state index in [2.05, 4.69) is 64.7 Å². The first-order valence-corrected chi connectivity index (χ1v) is 11.6. The number of hydrogen-bond donors (Lipinski definition) is 2. The van der Waals surface area contributed by atoms with Crippen molar-refractivity contribution in [1.82, 2.24) is 4.98 Å². The zero-order valence-corrected chi connectivity index (χ0v) is 18.8. The number of carboxylic acid groups (broad SMARTS) is 1. The molecule has 1 saturated carbocycles. The molecule has 2 aromatic carbocycles. The Kier molecular flexibility index (Phi) is 5.90. The molecule has 1 aromatic heterocycles. The molecule has 0 radical (unpaired) electrons. The number of nitrogens with one attached hydrogen (secondary N) is 1. The van der Waals surface area contributed by atoms with Crippen LogP contribution in [-0.2, 0) is 6.42 Å². The van der Waals surface area contributed by atoms with Crippen molar-refractivity contribution in [3.05, 3.63) is 77.6 Å². The first kappa shape index (κ1) is 21.3. The van der Waals surface area contributed by atoms with E-state index in [1.807, 2.05) is 0 Å². The molecule has 0 bridgehead atoms. The van der Waals surface area contributed by atoms with Crippen molar-refractivity contribution in [2.75, 3.05) is 30.4 Å². The average molecular weight is 444 g/mol. The van der Waals surface area contributed by atoms with E-state index in [9.17, 15) is 9.90 Å². The molecule has 0 unspecified atom stereocenters. The van der Waals surface area contributed by atoms with E-state index in [4.69, 9.17) is 4.74 Å². The topological polar surface area (TPSA) is 74.7 Å². The molecule has 6 heteroatoms. The lowest BCUT2D eigenvalue weighted by atomic mass is 9.92. The molecule has 0 spiro atoms. The van der Waals surface area contributed by atoms with Gasteiger partial charge in [-0.05, 0) is 67.0 Å². The highest BCUT2D eigenvalue weighted by molar-refractivity contribution is 5.93. The summed E-state index contributed by atoms with van der Waals surface area (Å²) in [7, 11) is 2.08. The molecule has 2 aliphatic rings. The van der Waals surface area contributed by atoms with Crippen LogP contribution < -0.4 is 15.0 Å². The van der Waals surface area contributed by atoms with Crippen LogP contribution in [0.4, 0.5) is 17.1 Å². The monoisotopic (exact) mass is 443 g/mol. The fourth-order valence-corrected chi connectivity index (χ4v) is 4.49. The summed E-state index contributed by atoms with van der Waals surface area (Å²) < 4.78 is 6.00. The van der Waals surface area contributed by atoms with Gasteiger partial charge >= 0.3 is 5.97 Å². The van der Waals surface area contributed by atoms with Gasteiger partial charge in [0.25, 0.3) is 0 Å². The fourth-order valence-electron chi connectivity index (χ4n) is 4.49. The summed E-state index contributed by atoms with van der Waals surface area (Å²) in [5.41, 5.74) is 5.57. The summed E-state index contributed by atoms with van der Waals surface area (Å²) in [5.74, 6) is 1.06. The maximum absolute atomic E-state index is 11.5. The Hall–Kier alpha value is -3.54. The highest BCUT2D eigenvalue weighted by atomic mass is 16.5. The maximum Gasteiger partial charge on any atom is 0.337 e. The zero-order valence-electron chi connectivity index (χ0n) is 18.8. The number of pyridine rings is 1. The minimum Gasteiger partial charge on any atom is -0.493 e. The van der Waals surface area contributed by atoms with Gasteiger partial charge in [0.2, 0.25) is 0 Å². The zero-order chi connectivity index (χ0) is 22.8. The van der Waals surface area contributed by atoms with E-state index in [-0.39, 0.29) is 11.5 Å². The highest BCUT2D eigenvalue weighted by Gasteiger charge is 2.24. The second-order valence-electron chi connectivity index (χ2n) is 9.04. The third kappa shape index (κ3) is 4.80. The van der Waals surface area contributed by atoms with Crippen LogP contribution in [0.3, 0.4) is 0 Å². The third-order valence-corrected chi connectivity index (χ3v) is 6.68. The summed E-state index contributed by atoms with van der Waals surface area (Å²) >= 11 is 0. The Morgan fingerprint density at radius 2 is 1.91 bits per heavy atom. The molecule has 1 aliphatic carbocycles. The minimum absolute atomic E-state index is 0.233. The molecule has 3 aromatic rings. The predicted octanol–water partition coefficient (Wildman–Crippen LogP) is 5.48. The van der Waals surface area contributed by atoms with Gasteiger partial charge in [-0.2, -0.15) is 0 Å². The molecule has 5 rings (SSSR count). The summed E-state index contributed by atoms with van der Waals surface area (Å²) in [5, 5.41) is 12.7. The number of ether oxygens (including phenoxy) is 1.